The van der Waals surface area contributed by atoms with Crippen molar-refractivity contribution in [3.63, 3.8) is 0 Å². The fourth-order valence-electron chi connectivity index (χ4n) is 3.53. The van der Waals surface area contributed by atoms with E-state index in [4.69, 9.17) is 16.6 Å². The summed E-state index contributed by atoms with van der Waals surface area (Å²) in [4.78, 5) is 27.3. The van der Waals surface area contributed by atoms with Crippen molar-refractivity contribution in [1.82, 2.24) is 19.5 Å². The number of rotatable bonds is 6. The van der Waals surface area contributed by atoms with Crippen LogP contribution >= 0.6 is 22.9 Å². The number of imidazole rings is 1. The van der Waals surface area contributed by atoms with Gasteiger partial charge in [-0.25, -0.2) is 9.97 Å². The molecule has 0 bridgehead atoms. The van der Waals surface area contributed by atoms with Crippen LogP contribution in [0.25, 0.3) is 21.1 Å². The Bertz CT molecular complexity index is 1320. The van der Waals surface area contributed by atoms with E-state index >= 15 is 0 Å². The summed E-state index contributed by atoms with van der Waals surface area (Å²) < 4.78 is 2.97. The Kier molecular flexibility index (Phi) is 4.98. The molecule has 8 heteroatoms. The molecule has 0 unspecified atom stereocenters. The Morgan fingerprint density at radius 2 is 2.10 bits per heavy atom. The number of anilines is 1. The van der Waals surface area contributed by atoms with E-state index in [9.17, 15) is 4.79 Å². The highest BCUT2D eigenvalue weighted by molar-refractivity contribution is 7.22. The summed E-state index contributed by atoms with van der Waals surface area (Å²) in [5, 5.41) is 2.15. The minimum atomic E-state index is -0.0757. The van der Waals surface area contributed by atoms with E-state index in [-0.39, 0.29) is 5.91 Å². The molecule has 5 aromatic rings. The van der Waals surface area contributed by atoms with Crippen LogP contribution in [0.2, 0.25) is 5.02 Å². The van der Waals surface area contributed by atoms with Crippen LogP contribution < -0.4 is 4.90 Å². The predicted octanol–water partition coefficient (Wildman–Crippen LogP) is 5.36. The summed E-state index contributed by atoms with van der Waals surface area (Å²) in [7, 11) is 0. The first-order valence-electron chi connectivity index (χ1n) is 9.59. The van der Waals surface area contributed by atoms with Gasteiger partial charge in [-0.2, -0.15) is 0 Å². The lowest BCUT2D eigenvalue weighted by molar-refractivity contribution is 0.0988. The molecule has 6 nitrogen and oxygen atoms in total. The molecular weight excluding hydrogens is 418 g/mol. The van der Waals surface area contributed by atoms with Gasteiger partial charge in [0.25, 0.3) is 5.91 Å². The number of hydrogen-bond donors (Lipinski definition) is 1. The van der Waals surface area contributed by atoms with Crippen LogP contribution in [0, 0.1) is 0 Å². The Balaban J connectivity index is 1.51. The number of carbonyl (C=O) groups excluding carboxylic acids is 1. The third-order valence-electron chi connectivity index (χ3n) is 5.01. The number of benzene rings is 2. The number of hydrogen-bond acceptors (Lipinski definition) is 4. The van der Waals surface area contributed by atoms with Gasteiger partial charge in [0.1, 0.15) is 5.52 Å². The number of aromatic nitrogens is 4. The quantitative estimate of drug-likeness (QED) is 0.390. The molecule has 1 amide bonds. The number of carbonyl (C=O) groups is 1. The van der Waals surface area contributed by atoms with Crippen LogP contribution in [-0.4, -0.2) is 32.0 Å². The van der Waals surface area contributed by atoms with Crippen LogP contribution in [0.15, 0.2) is 67.4 Å². The van der Waals surface area contributed by atoms with E-state index in [1.807, 2.05) is 53.2 Å². The van der Waals surface area contributed by atoms with Crippen molar-refractivity contribution >= 4 is 55.1 Å². The largest absolute Gasteiger partial charge is 0.360 e. The van der Waals surface area contributed by atoms with Gasteiger partial charge in [-0.3, -0.25) is 9.69 Å². The molecule has 0 radical (unpaired) electrons. The minimum Gasteiger partial charge on any atom is -0.360 e. The number of fused-ring (bicyclic) bond motifs is 2. The van der Waals surface area contributed by atoms with E-state index in [2.05, 4.69) is 9.97 Å². The molecular formula is C22H18ClN5OS. The van der Waals surface area contributed by atoms with Gasteiger partial charge in [-0.05, 0) is 24.6 Å². The fourth-order valence-corrected chi connectivity index (χ4v) is 4.82. The lowest BCUT2D eigenvalue weighted by atomic mass is 10.1. The predicted molar refractivity (Wildman–Crippen MR) is 121 cm³/mol. The van der Waals surface area contributed by atoms with E-state index < -0.39 is 0 Å². The van der Waals surface area contributed by atoms with Crippen molar-refractivity contribution < 1.29 is 4.79 Å². The van der Waals surface area contributed by atoms with E-state index in [1.54, 1.807) is 23.6 Å². The summed E-state index contributed by atoms with van der Waals surface area (Å²) in [5.74, 6) is -0.0757. The second kappa shape index (κ2) is 7.93. The Morgan fingerprint density at radius 1 is 1.20 bits per heavy atom. The van der Waals surface area contributed by atoms with Crippen molar-refractivity contribution in [2.75, 3.05) is 11.4 Å². The van der Waals surface area contributed by atoms with Crippen LogP contribution in [0.4, 0.5) is 5.13 Å². The van der Waals surface area contributed by atoms with Gasteiger partial charge in [0.15, 0.2) is 5.13 Å². The molecule has 0 aliphatic rings. The lowest BCUT2D eigenvalue weighted by Gasteiger charge is -2.19. The van der Waals surface area contributed by atoms with Gasteiger partial charge >= 0.3 is 0 Å². The molecule has 150 valence electrons. The van der Waals surface area contributed by atoms with Gasteiger partial charge in [-0.1, -0.05) is 47.2 Å². The van der Waals surface area contributed by atoms with Crippen molar-refractivity contribution in [2.24, 2.45) is 0 Å². The summed E-state index contributed by atoms with van der Waals surface area (Å²) in [6.07, 6.45) is 8.00. The minimum absolute atomic E-state index is 0.0757. The van der Waals surface area contributed by atoms with Crippen molar-refractivity contribution in [2.45, 2.75) is 13.0 Å². The van der Waals surface area contributed by atoms with Crippen LogP contribution in [0.1, 0.15) is 16.8 Å². The van der Waals surface area contributed by atoms with Crippen molar-refractivity contribution in [3.05, 3.63) is 78.0 Å². The maximum Gasteiger partial charge on any atom is 0.262 e. The maximum absolute atomic E-state index is 13.6. The second-order valence-corrected chi connectivity index (χ2v) is 8.36. The molecule has 0 aliphatic heterocycles. The van der Waals surface area contributed by atoms with Gasteiger partial charge in [0.05, 0.1) is 21.6 Å². The number of para-hydroxylation sites is 2. The standard InChI is InChI=1S/C22H18ClN5OS/c23-17-6-3-8-19-20(17)26-22(30-19)28(11-4-10-27-12-9-24-14-27)21(29)16-13-25-18-7-2-1-5-15(16)18/h1-3,5-9,12-14,25H,4,10-11H2. The molecule has 2 aromatic carbocycles. The number of halogens is 1. The third kappa shape index (κ3) is 3.46. The monoisotopic (exact) mass is 435 g/mol. The number of nitrogens with one attached hydrogen (secondary N) is 1. The number of nitrogens with zero attached hydrogens (tertiary/aromatic N) is 4. The molecule has 1 N–H and O–H groups in total. The number of amides is 1. The fraction of sp³-hybridized carbons (Fsp3) is 0.136. The van der Waals surface area contributed by atoms with Crippen LogP contribution in [0.5, 0.6) is 0 Å². The normalized spacial score (nSPS) is 11.4. The average Bonchev–Trinajstić information content (AvgIpc) is 3.50. The number of thiazole rings is 1. The SMILES string of the molecule is O=C(c1c[nH]c2ccccc12)N(CCCn1ccnc1)c1nc2c(Cl)cccc2s1. The highest BCUT2D eigenvalue weighted by atomic mass is 35.5. The Hall–Kier alpha value is -3.16. The number of aromatic amines is 1. The summed E-state index contributed by atoms with van der Waals surface area (Å²) in [6.45, 7) is 1.30. The Morgan fingerprint density at radius 3 is 2.93 bits per heavy atom. The zero-order chi connectivity index (χ0) is 20.5. The summed E-state index contributed by atoms with van der Waals surface area (Å²) >= 11 is 7.81. The third-order valence-corrected chi connectivity index (χ3v) is 6.36. The van der Waals surface area contributed by atoms with Crippen molar-refractivity contribution in [3.8, 4) is 0 Å². The molecule has 0 spiro atoms. The molecule has 0 saturated carbocycles. The van der Waals surface area contributed by atoms with Gasteiger partial charge in [-0.15, -0.1) is 0 Å². The first-order chi connectivity index (χ1) is 14.7. The zero-order valence-corrected chi connectivity index (χ0v) is 17.5. The summed E-state index contributed by atoms with van der Waals surface area (Å²) in [5.41, 5.74) is 2.30. The first-order valence-corrected chi connectivity index (χ1v) is 10.8. The maximum atomic E-state index is 13.6. The van der Waals surface area contributed by atoms with E-state index in [0.29, 0.717) is 22.3 Å². The van der Waals surface area contributed by atoms with Gasteiger partial charge < -0.3 is 9.55 Å². The van der Waals surface area contributed by atoms with Crippen LogP contribution in [0.3, 0.4) is 0 Å². The van der Waals surface area contributed by atoms with Crippen LogP contribution in [-0.2, 0) is 6.54 Å². The van der Waals surface area contributed by atoms with E-state index in [0.717, 1.165) is 34.1 Å². The molecule has 0 aliphatic carbocycles. The molecule has 0 saturated heterocycles. The first kappa shape index (κ1) is 18.8. The topological polar surface area (TPSA) is 66.8 Å². The Labute approximate surface area is 181 Å². The zero-order valence-electron chi connectivity index (χ0n) is 16.0. The van der Waals surface area contributed by atoms with Crippen molar-refractivity contribution in [1.29, 1.82) is 0 Å². The van der Waals surface area contributed by atoms with Gasteiger partial charge in [0.2, 0.25) is 0 Å². The second-order valence-electron chi connectivity index (χ2n) is 6.94. The van der Waals surface area contributed by atoms with Gasteiger partial charge in [0, 0.05) is 42.6 Å². The molecule has 0 atom stereocenters. The molecule has 5 rings (SSSR count). The number of H-pyrrole nitrogens is 1. The lowest BCUT2D eigenvalue weighted by Crippen LogP contribution is -2.32. The smallest absolute Gasteiger partial charge is 0.262 e. The van der Waals surface area contributed by atoms with E-state index in [1.165, 1.54) is 11.3 Å². The summed E-state index contributed by atoms with van der Waals surface area (Å²) in [6, 6.07) is 13.5. The highest BCUT2D eigenvalue weighted by Gasteiger charge is 2.24. The molecule has 0 fully saturated rings. The number of aryl methyl sites for hydroxylation is 1. The molecule has 30 heavy (non-hydrogen) atoms. The average molecular weight is 436 g/mol. The molecule has 3 heterocycles. The molecule has 3 aromatic heterocycles. The highest BCUT2D eigenvalue weighted by Crippen LogP contribution is 2.34.